The molecule has 0 fully saturated rings. The number of carboxylic acids is 1. The number of carbonyl (C=O) groups excluding carboxylic acids is 1. The predicted molar refractivity (Wildman–Crippen MR) is 68.5 cm³/mol. The number of urea groups is 1. The third kappa shape index (κ3) is 6.44. The van der Waals surface area contributed by atoms with E-state index in [0.29, 0.717) is 19.6 Å². The van der Waals surface area contributed by atoms with Crippen molar-refractivity contribution in [3.8, 4) is 0 Å². The van der Waals surface area contributed by atoms with Gasteiger partial charge in [0.2, 0.25) is 0 Å². The summed E-state index contributed by atoms with van der Waals surface area (Å²) in [5, 5.41) is 14.1. The molecule has 0 aliphatic rings. The summed E-state index contributed by atoms with van der Waals surface area (Å²) in [6, 6.07) is -1.50. The van der Waals surface area contributed by atoms with Crippen LogP contribution in [0.1, 0.15) is 34.1 Å². The zero-order valence-electron chi connectivity index (χ0n) is 11.5. The van der Waals surface area contributed by atoms with E-state index in [1.807, 2.05) is 13.8 Å². The van der Waals surface area contributed by atoms with Crippen molar-refractivity contribution in [3.63, 3.8) is 0 Å². The van der Waals surface area contributed by atoms with Gasteiger partial charge in [-0.25, -0.2) is 9.59 Å². The molecule has 0 heterocycles. The number of carbonyl (C=O) groups is 2. The van der Waals surface area contributed by atoms with Crippen LogP contribution in [0.15, 0.2) is 0 Å². The first-order chi connectivity index (χ1) is 8.42. The van der Waals surface area contributed by atoms with Gasteiger partial charge in [0.25, 0.3) is 0 Å². The van der Waals surface area contributed by atoms with Crippen LogP contribution in [0.4, 0.5) is 4.79 Å². The number of nitrogens with one attached hydrogen (secondary N) is 2. The molecule has 0 saturated heterocycles. The molecule has 0 aromatic carbocycles. The Morgan fingerprint density at radius 1 is 1.22 bits per heavy atom. The molecule has 0 rings (SSSR count). The van der Waals surface area contributed by atoms with Crippen molar-refractivity contribution < 1.29 is 19.4 Å². The topological polar surface area (TPSA) is 87.7 Å². The van der Waals surface area contributed by atoms with Crippen LogP contribution in [-0.4, -0.2) is 42.4 Å². The molecule has 18 heavy (non-hydrogen) atoms. The van der Waals surface area contributed by atoms with Crippen molar-refractivity contribution in [2.75, 3.05) is 13.2 Å². The minimum absolute atomic E-state index is 0.115. The van der Waals surface area contributed by atoms with Crippen molar-refractivity contribution >= 4 is 12.0 Å². The van der Waals surface area contributed by atoms with Crippen molar-refractivity contribution in [1.82, 2.24) is 10.6 Å². The summed E-state index contributed by atoms with van der Waals surface area (Å²) in [6.07, 6.45) is 0.686. The highest BCUT2D eigenvalue weighted by molar-refractivity contribution is 5.82. The van der Waals surface area contributed by atoms with E-state index in [-0.39, 0.29) is 12.0 Å². The third-order valence-corrected chi connectivity index (χ3v) is 2.72. The highest BCUT2D eigenvalue weighted by Crippen LogP contribution is 2.07. The lowest BCUT2D eigenvalue weighted by Gasteiger charge is -2.22. The lowest BCUT2D eigenvalue weighted by Crippen LogP contribution is -2.51. The van der Waals surface area contributed by atoms with Gasteiger partial charge in [-0.05, 0) is 19.8 Å². The monoisotopic (exact) mass is 260 g/mol. The molecule has 0 aliphatic carbocycles. The molecule has 0 aromatic rings. The molecule has 6 nitrogen and oxygen atoms in total. The molecule has 3 atom stereocenters. The Hall–Kier alpha value is -1.30. The normalized spacial score (nSPS) is 15.6. The van der Waals surface area contributed by atoms with Crippen LogP contribution in [0, 0.1) is 5.92 Å². The molecular weight excluding hydrogens is 236 g/mol. The van der Waals surface area contributed by atoms with Gasteiger partial charge in [-0.2, -0.15) is 0 Å². The van der Waals surface area contributed by atoms with Crippen molar-refractivity contribution in [3.05, 3.63) is 0 Å². The van der Waals surface area contributed by atoms with E-state index in [9.17, 15) is 9.59 Å². The second kappa shape index (κ2) is 8.74. The maximum atomic E-state index is 11.6. The van der Waals surface area contributed by atoms with Gasteiger partial charge >= 0.3 is 12.0 Å². The Bertz CT molecular complexity index is 271. The minimum atomic E-state index is -1.02. The molecule has 3 N–H and O–H groups in total. The Morgan fingerprint density at radius 2 is 1.83 bits per heavy atom. The van der Waals surface area contributed by atoms with E-state index in [1.165, 1.54) is 0 Å². The third-order valence-electron chi connectivity index (χ3n) is 2.72. The van der Waals surface area contributed by atoms with Gasteiger partial charge in [-0.3, -0.25) is 0 Å². The zero-order chi connectivity index (χ0) is 14.1. The van der Waals surface area contributed by atoms with Crippen LogP contribution in [0.3, 0.4) is 0 Å². The molecule has 0 aromatic heterocycles. The highest BCUT2D eigenvalue weighted by atomic mass is 16.5. The molecule has 106 valence electrons. The summed E-state index contributed by atoms with van der Waals surface area (Å²) in [7, 11) is 0. The molecular formula is C12H24N2O4. The van der Waals surface area contributed by atoms with Crippen LogP contribution < -0.4 is 10.6 Å². The summed E-state index contributed by atoms with van der Waals surface area (Å²) in [5.74, 6) is -1.13. The second-order valence-corrected chi connectivity index (χ2v) is 4.38. The molecule has 6 heteroatoms. The SMILES string of the molecule is CCOCC(C)NC(=O)N[C@H](C(=O)O)C(C)CC. The molecule has 0 aliphatic heterocycles. The number of ether oxygens (including phenoxy) is 1. The Morgan fingerprint density at radius 3 is 2.28 bits per heavy atom. The molecule has 0 spiro atoms. The maximum absolute atomic E-state index is 11.6. The molecule has 2 amide bonds. The van der Waals surface area contributed by atoms with E-state index in [4.69, 9.17) is 9.84 Å². The number of amides is 2. The van der Waals surface area contributed by atoms with Crippen LogP contribution in [0.5, 0.6) is 0 Å². The predicted octanol–water partition coefficient (Wildman–Crippen LogP) is 1.21. The van der Waals surface area contributed by atoms with Crippen LogP contribution in [0.25, 0.3) is 0 Å². The molecule has 0 bridgehead atoms. The first-order valence-corrected chi connectivity index (χ1v) is 6.29. The molecule has 0 saturated carbocycles. The van der Waals surface area contributed by atoms with Crippen LogP contribution in [-0.2, 0) is 9.53 Å². The largest absolute Gasteiger partial charge is 0.480 e. The Balaban J connectivity index is 4.21. The summed E-state index contributed by atoms with van der Waals surface area (Å²) >= 11 is 0. The van der Waals surface area contributed by atoms with Crippen LogP contribution >= 0.6 is 0 Å². The van der Waals surface area contributed by atoms with Gasteiger partial charge < -0.3 is 20.5 Å². The number of aliphatic carboxylic acids is 1. The van der Waals surface area contributed by atoms with Crippen molar-refractivity contribution in [2.45, 2.75) is 46.2 Å². The number of hydrogen-bond acceptors (Lipinski definition) is 3. The van der Waals surface area contributed by atoms with Gasteiger partial charge in [0, 0.05) is 6.61 Å². The minimum Gasteiger partial charge on any atom is -0.480 e. The summed E-state index contributed by atoms with van der Waals surface area (Å²) in [6.45, 7) is 8.34. The quantitative estimate of drug-likeness (QED) is 0.612. The zero-order valence-corrected chi connectivity index (χ0v) is 11.5. The second-order valence-electron chi connectivity index (χ2n) is 4.38. The summed E-state index contributed by atoms with van der Waals surface area (Å²) in [4.78, 5) is 22.6. The smallest absolute Gasteiger partial charge is 0.326 e. The van der Waals surface area contributed by atoms with Gasteiger partial charge in [0.1, 0.15) is 6.04 Å². The number of rotatable bonds is 8. The molecule has 2 unspecified atom stereocenters. The van der Waals surface area contributed by atoms with E-state index in [1.54, 1.807) is 13.8 Å². The standard InChI is InChI=1S/C12H24N2O4/c1-5-8(3)10(11(15)16)14-12(17)13-9(4)7-18-6-2/h8-10H,5-7H2,1-4H3,(H,15,16)(H2,13,14,17)/t8?,9?,10-/m0/s1. The fraction of sp³-hybridized carbons (Fsp3) is 0.833. The van der Waals surface area contributed by atoms with Gasteiger partial charge in [-0.15, -0.1) is 0 Å². The van der Waals surface area contributed by atoms with Gasteiger partial charge in [0.05, 0.1) is 12.6 Å². The fourth-order valence-corrected chi connectivity index (χ4v) is 1.43. The first-order valence-electron chi connectivity index (χ1n) is 6.29. The van der Waals surface area contributed by atoms with E-state index in [0.717, 1.165) is 0 Å². The highest BCUT2D eigenvalue weighted by Gasteiger charge is 2.25. The summed E-state index contributed by atoms with van der Waals surface area (Å²) in [5.41, 5.74) is 0. The van der Waals surface area contributed by atoms with E-state index >= 15 is 0 Å². The fourth-order valence-electron chi connectivity index (χ4n) is 1.43. The maximum Gasteiger partial charge on any atom is 0.326 e. The van der Waals surface area contributed by atoms with E-state index < -0.39 is 18.0 Å². The van der Waals surface area contributed by atoms with Crippen molar-refractivity contribution in [2.24, 2.45) is 5.92 Å². The average molecular weight is 260 g/mol. The Kier molecular flexibility index (Phi) is 8.11. The van der Waals surface area contributed by atoms with E-state index in [2.05, 4.69) is 10.6 Å². The lowest BCUT2D eigenvalue weighted by atomic mass is 9.99. The Labute approximate surface area is 108 Å². The average Bonchev–Trinajstić information content (AvgIpc) is 2.32. The van der Waals surface area contributed by atoms with Crippen molar-refractivity contribution in [1.29, 1.82) is 0 Å². The lowest BCUT2D eigenvalue weighted by molar-refractivity contribution is -0.140. The van der Waals surface area contributed by atoms with Crippen LogP contribution in [0.2, 0.25) is 0 Å². The molecule has 0 radical (unpaired) electrons. The van der Waals surface area contributed by atoms with Gasteiger partial charge in [-0.1, -0.05) is 20.3 Å². The van der Waals surface area contributed by atoms with Gasteiger partial charge in [0.15, 0.2) is 0 Å². The first kappa shape index (κ1) is 16.7. The number of carboxylic acid groups (broad SMARTS) is 1. The number of hydrogen-bond donors (Lipinski definition) is 3. The summed E-state index contributed by atoms with van der Waals surface area (Å²) < 4.78 is 5.16.